The van der Waals surface area contributed by atoms with Gasteiger partial charge in [-0.1, -0.05) is 0 Å². The van der Waals surface area contributed by atoms with Gasteiger partial charge in [0.05, 0.1) is 0 Å². The maximum absolute atomic E-state index is 12.6. The van der Waals surface area contributed by atoms with Gasteiger partial charge in [0.25, 0.3) is 0 Å². The minimum Gasteiger partial charge on any atom is -0.368 e. The van der Waals surface area contributed by atoms with Crippen molar-refractivity contribution in [3.8, 4) is 0 Å². The van der Waals surface area contributed by atoms with E-state index >= 15 is 0 Å². The molecule has 1 aliphatic carbocycles. The van der Waals surface area contributed by atoms with Crippen LogP contribution in [0.5, 0.6) is 0 Å². The molecule has 0 radical (unpaired) electrons. The smallest absolute Gasteiger partial charge is 0.368 e. The number of fused-ring (bicyclic) bond motifs is 1. The third kappa shape index (κ3) is 2.12. The Bertz CT molecular complexity index is 571. The van der Waals surface area contributed by atoms with Gasteiger partial charge in [-0.25, -0.2) is 9.50 Å². The fraction of sp³-hybridized carbons (Fsp3) is 0.455. The largest absolute Gasteiger partial charge is 0.435 e. The standard InChI is InChI=1S/C11H11F3N4/c12-11(13,14)9-5-8-10(16-6-7-1-2-7)15-3-4-18(8)17-9/h3-5,7H,1-2,6H2,(H,15,16). The summed E-state index contributed by atoms with van der Waals surface area (Å²) in [5.41, 5.74) is -0.546. The summed E-state index contributed by atoms with van der Waals surface area (Å²) in [7, 11) is 0. The summed E-state index contributed by atoms with van der Waals surface area (Å²) in [6.45, 7) is 0.749. The Hall–Kier alpha value is -1.79. The van der Waals surface area contributed by atoms with E-state index < -0.39 is 11.9 Å². The van der Waals surface area contributed by atoms with E-state index in [0.717, 1.165) is 12.6 Å². The van der Waals surface area contributed by atoms with Crippen LogP contribution in [-0.2, 0) is 6.18 Å². The number of aromatic nitrogens is 3. The van der Waals surface area contributed by atoms with Crippen molar-refractivity contribution in [2.45, 2.75) is 19.0 Å². The van der Waals surface area contributed by atoms with Crippen LogP contribution in [0.3, 0.4) is 0 Å². The molecule has 0 bridgehead atoms. The maximum Gasteiger partial charge on any atom is 0.435 e. The van der Waals surface area contributed by atoms with Gasteiger partial charge in [0.15, 0.2) is 11.5 Å². The number of halogens is 3. The first-order valence-corrected chi connectivity index (χ1v) is 5.69. The van der Waals surface area contributed by atoms with Gasteiger partial charge >= 0.3 is 6.18 Å². The summed E-state index contributed by atoms with van der Waals surface area (Å²) >= 11 is 0. The third-order valence-corrected chi connectivity index (χ3v) is 2.94. The number of nitrogens with zero attached hydrogens (tertiary/aromatic N) is 3. The Morgan fingerprint density at radius 3 is 2.83 bits per heavy atom. The Balaban J connectivity index is 1.95. The van der Waals surface area contributed by atoms with Crippen molar-refractivity contribution in [3.63, 3.8) is 0 Å². The van der Waals surface area contributed by atoms with Crippen LogP contribution < -0.4 is 5.32 Å². The fourth-order valence-electron chi connectivity index (χ4n) is 1.76. The van der Waals surface area contributed by atoms with Crippen LogP contribution in [0.25, 0.3) is 5.52 Å². The van der Waals surface area contributed by atoms with Crippen molar-refractivity contribution in [2.75, 3.05) is 11.9 Å². The van der Waals surface area contributed by atoms with E-state index in [0.29, 0.717) is 17.3 Å². The molecule has 2 aromatic rings. The molecule has 0 spiro atoms. The number of hydrogen-bond acceptors (Lipinski definition) is 3. The van der Waals surface area contributed by atoms with Crippen molar-refractivity contribution < 1.29 is 13.2 Å². The van der Waals surface area contributed by atoms with Gasteiger partial charge in [0.2, 0.25) is 0 Å². The van der Waals surface area contributed by atoms with Gasteiger partial charge in [-0.2, -0.15) is 18.3 Å². The molecule has 2 heterocycles. The molecule has 0 atom stereocenters. The van der Waals surface area contributed by atoms with Crippen LogP contribution >= 0.6 is 0 Å². The Kier molecular flexibility index (Phi) is 2.42. The molecule has 0 amide bonds. The first-order valence-electron chi connectivity index (χ1n) is 5.69. The summed E-state index contributed by atoms with van der Waals surface area (Å²) in [5, 5.41) is 6.57. The molecule has 0 aromatic carbocycles. The molecule has 0 aliphatic heterocycles. The average Bonchev–Trinajstić information content (AvgIpc) is 3.01. The summed E-state index contributed by atoms with van der Waals surface area (Å²) < 4.78 is 38.9. The monoisotopic (exact) mass is 256 g/mol. The maximum atomic E-state index is 12.6. The van der Waals surface area contributed by atoms with Gasteiger partial charge in [0, 0.05) is 25.0 Å². The number of hydrogen-bond donors (Lipinski definition) is 1. The second-order valence-corrected chi connectivity index (χ2v) is 4.46. The van der Waals surface area contributed by atoms with Crippen LogP contribution in [0.1, 0.15) is 18.5 Å². The van der Waals surface area contributed by atoms with Crippen LogP contribution in [0, 0.1) is 5.92 Å². The fourth-order valence-corrected chi connectivity index (χ4v) is 1.76. The molecule has 1 saturated carbocycles. The van der Waals surface area contributed by atoms with Gasteiger partial charge in [0.1, 0.15) is 5.52 Å². The van der Waals surface area contributed by atoms with E-state index in [1.54, 1.807) is 0 Å². The lowest BCUT2D eigenvalue weighted by molar-refractivity contribution is -0.141. The predicted molar refractivity (Wildman–Crippen MR) is 59.2 cm³/mol. The normalized spacial score (nSPS) is 16.2. The molecule has 4 nitrogen and oxygen atoms in total. The van der Waals surface area contributed by atoms with Crippen molar-refractivity contribution >= 4 is 11.3 Å². The zero-order valence-corrected chi connectivity index (χ0v) is 9.41. The van der Waals surface area contributed by atoms with Crippen LogP contribution in [-0.4, -0.2) is 21.1 Å². The van der Waals surface area contributed by atoms with E-state index in [9.17, 15) is 13.2 Å². The number of anilines is 1. The average molecular weight is 256 g/mol. The summed E-state index contributed by atoms with van der Waals surface area (Å²) in [4.78, 5) is 4.06. The van der Waals surface area contributed by atoms with Crippen molar-refractivity contribution in [2.24, 2.45) is 5.92 Å². The first-order chi connectivity index (χ1) is 8.54. The molecule has 0 saturated heterocycles. The quantitative estimate of drug-likeness (QED) is 0.917. The molecule has 2 aromatic heterocycles. The molecule has 96 valence electrons. The molecular formula is C11H11F3N4. The Morgan fingerprint density at radius 1 is 1.39 bits per heavy atom. The molecule has 18 heavy (non-hydrogen) atoms. The minimum absolute atomic E-state index is 0.352. The van der Waals surface area contributed by atoms with Gasteiger partial charge in [-0.15, -0.1) is 0 Å². The molecule has 0 unspecified atom stereocenters. The lowest BCUT2D eigenvalue weighted by Crippen LogP contribution is -2.06. The highest BCUT2D eigenvalue weighted by molar-refractivity contribution is 5.67. The van der Waals surface area contributed by atoms with E-state index in [1.165, 1.54) is 29.8 Å². The first kappa shape index (κ1) is 11.3. The molecule has 1 fully saturated rings. The predicted octanol–water partition coefficient (Wildman–Crippen LogP) is 2.57. The van der Waals surface area contributed by atoms with Gasteiger partial charge in [-0.3, -0.25) is 0 Å². The SMILES string of the molecule is FC(F)(F)c1cc2c(NCC3CC3)nccn2n1. The summed E-state index contributed by atoms with van der Waals surface area (Å²) in [6.07, 6.45) is 0.758. The molecule has 7 heteroatoms. The molecular weight excluding hydrogens is 245 g/mol. The van der Waals surface area contributed by atoms with E-state index in [2.05, 4.69) is 15.4 Å². The number of alkyl halides is 3. The third-order valence-electron chi connectivity index (χ3n) is 2.94. The van der Waals surface area contributed by atoms with Crippen LogP contribution in [0.2, 0.25) is 0 Å². The highest BCUT2D eigenvalue weighted by Gasteiger charge is 2.34. The highest BCUT2D eigenvalue weighted by Crippen LogP contribution is 2.31. The number of rotatable bonds is 3. The lowest BCUT2D eigenvalue weighted by atomic mass is 10.3. The minimum atomic E-state index is -4.43. The van der Waals surface area contributed by atoms with E-state index in [4.69, 9.17) is 0 Å². The topological polar surface area (TPSA) is 42.2 Å². The van der Waals surface area contributed by atoms with E-state index in [-0.39, 0.29) is 0 Å². The molecule has 1 aliphatic rings. The second kappa shape index (κ2) is 3.86. The van der Waals surface area contributed by atoms with Crippen molar-refractivity contribution in [1.82, 2.24) is 14.6 Å². The van der Waals surface area contributed by atoms with Crippen molar-refractivity contribution in [3.05, 3.63) is 24.2 Å². The van der Waals surface area contributed by atoms with Crippen LogP contribution in [0.4, 0.5) is 19.0 Å². The van der Waals surface area contributed by atoms with Crippen molar-refractivity contribution in [1.29, 1.82) is 0 Å². The Morgan fingerprint density at radius 2 is 2.17 bits per heavy atom. The zero-order chi connectivity index (χ0) is 12.8. The van der Waals surface area contributed by atoms with Crippen LogP contribution in [0.15, 0.2) is 18.5 Å². The summed E-state index contributed by atoms with van der Waals surface area (Å²) in [5.74, 6) is 1.07. The van der Waals surface area contributed by atoms with Gasteiger partial charge in [-0.05, 0) is 18.8 Å². The zero-order valence-electron chi connectivity index (χ0n) is 9.41. The number of nitrogens with one attached hydrogen (secondary N) is 1. The highest BCUT2D eigenvalue weighted by atomic mass is 19.4. The summed E-state index contributed by atoms with van der Waals surface area (Å²) in [6, 6.07) is 1.02. The molecule has 3 rings (SSSR count). The van der Waals surface area contributed by atoms with E-state index in [1.807, 2.05) is 0 Å². The second-order valence-electron chi connectivity index (χ2n) is 4.46. The lowest BCUT2D eigenvalue weighted by Gasteiger charge is -2.04. The molecule has 1 N–H and O–H groups in total. The Labute approximate surface area is 101 Å². The van der Waals surface area contributed by atoms with Gasteiger partial charge < -0.3 is 5.32 Å².